The van der Waals surface area contributed by atoms with E-state index in [1.165, 1.54) is 11.8 Å². The number of nitrogens with two attached hydrogens (primary N) is 1. The summed E-state index contributed by atoms with van der Waals surface area (Å²) in [5.74, 6) is -1.34. The number of hydrogen-bond acceptors (Lipinski definition) is 4. The van der Waals surface area contributed by atoms with E-state index in [1.807, 2.05) is 0 Å². The number of thioether (sulfide) groups is 1. The van der Waals surface area contributed by atoms with Gasteiger partial charge >= 0.3 is 12.1 Å². The third kappa shape index (κ3) is 5.31. The normalized spacial score (nSPS) is 21.3. The molecular weight excluding hydrogens is 319 g/mol. The molecule has 4 nitrogen and oxygen atoms in total. The van der Waals surface area contributed by atoms with E-state index in [4.69, 9.17) is 10.8 Å². The van der Waals surface area contributed by atoms with Gasteiger partial charge in [-0.15, -0.1) is 0 Å². The summed E-state index contributed by atoms with van der Waals surface area (Å²) < 4.78 is 39.8. The highest BCUT2D eigenvalue weighted by atomic mass is 32.2. The van der Waals surface area contributed by atoms with Crippen LogP contribution in [0, 0.1) is 5.92 Å². The lowest BCUT2D eigenvalue weighted by molar-refractivity contribution is -0.283. The molecule has 0 saturated heterocycles. The van der Waals surface area contributed by atoms with Crippen LogP contribution < -0.4 is 5.73 Å². The fraction of sp³-hybridized carbons (Fsp3) is 0.929. The van der Waals surface area contributed by atoms with Crippen molar-refractivity contribution in [2.45, 2.75) is 62.8 Å². The first-order valence-electron chi connectivity index (χ1n) is 7.53. The molecule has 130 valence electrons. The van der Waals surface area contributed by atoms with Crippen LogP contribution >= 0.6 is 11.8 Å². The number of carboxylic acids is 1. The first-order valence-corrected chi connectivity index (χ1v) is 8.69. The Morgan fingerprint density at radius 1 is 1.23 bits per heavy atom. The summed E-state index contributed by atoms with van der Waals surface area (Å²) in [6, 6.07) is -0.993. The predicted octanol–water partition coefficient (Wildman–Crippen LogP) is 2.79. The van der Waals surface area contributed by atoms with Crippen LogP contribution in [-0.2, 0) is 4.79 Å². The zero-order valence-electron chi connectivity index (χ0n) is 12.4. The Bertz CT molecular complexity index is 362. The third-order valence-electron chi connectivity index (χ3n) is 4.29. The monoisotopic (exact) mass is 343 g/mol. The Labute approximate surface area is 132 Å². The van der Waals surface area contributed by atoms with Crippen molar-refractivity contribution in [1.82, 2.24) is 0 Å². The van der Waals surface area contributed by atoms with Gasteiger partial charge in [-0.1, -0.05) is 19.3 Å². The van der Waals surface area contributed by atoms with Crippen molar-refractivity contribution < 1.29 is 28.2 Å². The molecule has 0 amide bonds. The highest BCUT2D eigenvalue weighted by Gasteiger charge is 2.57. The molecule has 0 aliphatic heterocycles. The average molecular weight is 343 g/mol. The van der Waals surface area contributed by atoms with Gasteiger partial charge in [0.1, 0.15) is 6.04 Å². The first-order chi connectivity index (χ1) is 10.2. The lowest BCUT2D eigenvalue weighted by atomic mass is 9.75. The topological polar surface area (TPSA) is 83.5 Å². The van der Waals surface area contributed by atoms with Gasteiger partial charge in [0.25, 0.3) is 0 Å². The summed E-state index contributed by atoms with van der Waals surface area (Å²) in [4.78, 5) is 10.5. The molecule has 0 aromatic rings. The molecule has 22 heavy (non-hydrogen) atoms. The van der Waals surface area contributed by atoms with Gasteiger partial charge in [0, 0.05) is 0 Å². The summed E-state index contributed by atoms with van der Waals surface area (Å²) in [7, 11) is 0. The fourth-order valence-electron chi connectivity index (χ4n) is 2.82. The van der Waals surface area contributed by atoms with Crippen molar-refractivity contribution in [2.24, 2.45) is 11.7 Å². The molecule has 8 heteroatoms. The van der Waals surface area contributed by atoms with Crippen LogP contribution in [0.5, 0.6) is 0 Å². The van der Waals surface area contributed by atoms with E-state index in [0.717, 1.165) is 19.3 Å². The minimum atomic E-state index is -4.63. The van der Waals surface area contributed by atoms with Crippen LogP contribution in [0.2, 0.25) is 0 Å². The van der Waals surface area contributed by atoms with Gasteiger partial charge in [0.2, 0.25) is 0 Å². The Balaban J connectivity index is 2.47. The second kappa shape index (κ2) is 8.40. The number of carboxylic acid groups (broad SMARTS) is 1. The molecule has 0 aromatic heterocycles. The zero-order chi connectivity index (χ0) is 16.8. The van der Waals surface area contributed by atoms with Crippen molar-refractivity contribution in [3.05, 3.63) is 0 Å². The van der Waals surface area contributed by atoms with E-state index >= 15 is 0 Å². The molecule has 0 bridgehead atoms. The van der Waals surface area contributed by atoms with Crippen molar-refractivity contribution in [2.75, 3.05) is 11.5 Å². The second-order valence-corrected chi connectivity index (χ2v) is 7.08. The average Bonchev–Trinajstić information content (AvgIpc) is 2.46. The minimum absolute atomic E-state index is 0.138. The van der Waals surface area contributed by atoms with Gasteiger partial charge in [0.05, 0.1) is 0 Å². The molecule has 1 rings (SSSR count). The number of aliphatic carboxylic acids is 1. The van der Waals surface area contributed by atoms with Gasteiger partial charge in [-0.25, -0.2) is 0 Å². The van der Waals surface area contributed by atoms with Crippen molar-refractivity contribution >= 4 is 17.7 Å². The Hall–Kier alpha value is -0.470. The van der Waals surface area contributed by atoms with Crippen molar-refractivity contribution in [1.29, 1.82) is 0 Å². The van der Waals surface area contributed by atoms with Crippen LogP contribution in [0.1, 0.15) is 44.9 Å². The van der Waals surface area contributed by atoms with Crippen molar-refractivity contribution in [3.63, 3.8) is 0 Å². The van der Waals surface area contributed by atoms with E-state index in [1.54, 1.807) is 0 Å². The first kappa shape index (κ1) is 19.6. The number of carbonyl (C=O) groups is 1. The number of hydrogen-bond donors (Lipinski definition) is 3. The SMILES string of the molecule is NC(CCSCCC(O)(C1CCCCC1)C(F)(F)F)C(=O)O. The number of aliphatic hydroxyl groups is 1. The largest absolute Gasteiger partial charge is 0.480 e. The summed E-state index contributed by atoms with van der Waals surface area (Å²) in [6.07, 6.45) is -1.59. The standard InChI is InChI=1S/C14H24F3NO3S/c15-14(16,17)13(21,10-4-2-1-3-5-10)7-9-22-8-6-11(18)12(19)20/h10-11,21H,1-9,18H2,(H,19,20). The van der Waals surface area contributed by atoms with Gasteiger partial charge in [-0.3, -0.25) is 4.79 Å². The molecule has 2 atom stereocenters. The molecule has 0 radical (unpaired) electrons. The number of rotatable bonds is 8. The van der Waals surface area contributed by atoms with Crippen LogP contribution in [-0.4, -0.2) is 45.5 Å². The Morgan fingerprint density at radius 2 is 1.82 bits per heavy atom. The van der Waals surface area contributed by atoms with Crippen molar-refractivity contribution in [3.8, 4) is 0 Å². The molecule has 1 aliphatic rings. The summed E-state index contributed by atoms with van der Waals surface area (Å²) >= 11 is 1.20. The molecule has 0 spiro atoms. The molecular formula is C14H24F3NO3S. The summed E-state index contributed by atoms with van der Waals surface area (Å²) in [6.45, 7) is 0. The third-order valence-corrected chi connectivity index (χ3v) is 5.31. The maximum absolute atomic E-state index is 13.3. The zero-order valence-corrected chi connectivity index (χ0v) is 13.3. The molecule has 2 unspecified atom stereocenters. The van der Waals surface area contributed by atoms with Gasteiger partial charge < -0.3 is 15.9 Å². The van der Waals surface area contributed by atoms with Crippen LogP contribution in [0.3, 0.4) is 0 Å². The van der Waals surface area contributed by atoms with Crippen LogP contribution in [0.15, 0.2) is 0 Å². The minimum Gasteiger partial charge on any atom is -0.480 e. The summed E-state index contributed by atoms with van der Waals surface area (Å²) in [5.41, 5.74) is 2.70. The van der Waals surface area contributed by atoms with Crippen LogP contribution in [0.4, 0.5) is 13.2 Å². The van der Waals surface area contributed by atoms with Crippen LogP contribution in [0.25, 0.3) is 0 Å². The fourth-order valence-corrected chi connectivity index (χ4v) is 3.90. The smallest absolute Gasteiger partial charge is 0.417 e. The quantitative estimate of drug-likeness (QED) is 0.590. The predicted molar refractivity (Wildman–Crippen MR) is 79.8 cm³/mol. The molecule has 1 saturated carbocycles. The maximum atomic E-state index is 13.3. The Morgan fingerprint density at radius 3 is 2.32 bits per heavy atom. The molecule has 1 fully saturated rings. The second-order valence-electron chi connectivity index (χ2n) is 5.85. The summed E-state index contributed by atoms with van der Waals surface area (Å²) in [5, 5.41) is 18.8. The maximum Gasteiger partial charge on any atom is 0.417 e. The van der Waals surface area contributed by atoms with E-state index in [9.17, 15) is 23.1 Å². The van der Waals surface area contributed by atoms with Gasteiger partial charge in [-0.05, 0) is 43.1 Å². The Kier molecular flexibility index (Phi) is 7.48. The van der Waals surface area contributed by atoms with E-state index in [-0.39, 0.29) is 18.6 Å². The lowest BCUT2D eigenvalue weighted by Crippen LogP contribution is -2.52. The van der Waals surface area contributed by atoms with E-state index < -0.39 is 29.7 Å². The number of halogens is 3. The van der Waals surface area contributed by atoms with Gasteiger partial charge in [0.15, 0.2) is 5.60 Å². The van der Waals surface area contributed by atoms with E-state index in [0.29, 0.717) is 18.6 Å². The highest BCUT2D eigenvalue weighted by Crippen LogP contribution is 2.45. The molecule has 4 N–H and O–H groups in total. The number of alkyl halides is 3. The molecule has 1 aliphatic carbocycles. The highest BCUT2D eigenvalue weighted by molar-refractivity contribution is 7.99. The lowest BCUT2D eigenvalue weighted by Gasteiger charge is -2.39. The van der Waals surface area contributed by atoms with Gasteiger partial charge in [-0.2, -0.15) is 24.9 Å². The van der Waals surface area contributed by atoms with E-state index in [2.05, 4.69) is 0 Å². The molecule has 0 heterocycles. The molecule has 0 aromatic carbocycles.